The second-order valence-corrected chi connectivity index (χ2v) is 11.8. The maximum Gasteiger partial charge on any atom is 0.0540 e. The summed E-state index contributed by atoms with van der Waals surface area (Å²) in [7, 11) is 0. The predicted octanol–water partition coefficient (Wildman–Crippen LogP) is 13.0. The highest BCUT2D eigenvalue weighted by molar-refractivity contribution is 5.99. The topological polar surface area (TPSA) is 6.48 Å². The lowest BCUT2D eigenvalue weighted by atomic mass is 9.98. The predicted molar refractivity (Wildman–Crippen MR) is 197 cm³/mol. The monoisotopic (exact) mass is 594 g/mol. The normalized spacial score (nSPS) is 11.7. The van der Waals surface area contributed by atoms with E-state index >= 15 is 0 Å². The number of nitrogens with zero attached hydrogens (tertiary/aromatic N) is 2. The van der Waals surface area contributed by atoms with E-state index in [-0.39, 0.29) is 0 Å². The molecule has 0 aliphatic heterocycles. The van der Waals surface area contributed by atoms with Crippen molar-refractivity contribution >= 4 is 44.9 Å². The summed E-state index contributed by atoms with van der Waals surface area (Å²) in [6, 6.07) is 63.2. The van der Waals surface area contributed by atoms with Gasteiger partial charge in [-0.05, 0) is 101 Å². The van der Waals surface area contributed by atoms with Crippen LogP contribution in [0.2, 0.25) is 0 Å². The van der Waals surface area contributed by atoms with Crippen molar-refractivity contribution in [2.24, 2.45) is 0 Å². The molecule has 1 unspecified atom stereocenters. The van der Waals surface area contributed by atoms with Crippen molar-refractivity contribution < 1.29 is 0 Å². The lowest BCUT2D eigenvalue weighted by molar-refractivity contribution is 0.733. The van der Waals surface area contributed by atoms with Gasteiger partial charge in [-0.3, -0.25) is 0 Å². The summed E-state index contributed by atoms with van der Waals surface area (Å²) in [6.45, 7) is 4.54. The molecule has 7 rings (SSSR count). The molecular weight excluding hydrogens is 556 g/mol. The zero-order chi connectivity index (χ0) is 31.3. The molecule has 7 aromatic rings. The number of hydrogen-bond acceptors (Lipinski definition) is 2. The highest BCUT2D eigenvalue weighted by Gasteiger charge is 2.18. The summed E-state index contributed by atoms with van der Waals surface area (Å²) >= 11 is 0. The Morgan fingerprint density at radius 3 is 1.50 bits per heavy atom. The van der Waals surface area contributed by atoms with Crippen LogP contribution in [0, 0.1) is 0 Å². The summed E-state index contributed by atoms with van der Waals surface area (Å²) in [5.41, 5.74) is 10.6. The SMILES string of the molecule is CCC(C)c1ccc(N(c2ccc(N(c3ccccc3)c3ccc(-c4ccccc4)cc3)cc2)c2cccc3ccccc23)cc1. The van der Waals surface area contributed by atoms with Gasteiger partial charge in [0.05, 0.1) is 5.69 Å². The van der Waals surface area contributed by atoms with E-state index in [1.165, 1.54) is 33.2 Å². The lowest BCUT2D eigenvalue weighted by Gasteiger charge is -2.29. The summed E-state index contributed by atoms with van der Waals surface area (Å²) < 4.78 is 0. The van der Waals surface area contributed by atoms with E-state index in [9.17, 15) is 0 Å². The van der Waals surface area contributed by atoms with Crippen LogP contribution in [0.3, 0.4) is 0 Å². The molecule has 0 saturated carbocycles. The number of anilines is 6. The first-order chi connectivity index (χ1) is 22.7. The molecule has 0 aliphatic carbocycles. The zero-order valence-corrected chi connectivity index (χ0v) is 26.4. The molecule has 2 nitrogen and oxygen atoms in total. The van der Waals surface area contributed by atoms with Gasteiger partial charge in [0, 0.05) is 33.8 Å². The van der Waals surface area contributed by atoms with Crippen LogP contribution in [0.1, 0.15) is 31.7 Å². The molecule has 2 heteroatoms. The first kappa shape index (κ1) is 29.1. The van der Waals surface area contributed by atoms with E-state index in [4.69, 9.17) is 0 Å². The Morgan fingerprint density at radius 1 is 0.413 bits per heavy atom. The number of hydrogen-bond donors (Lipinski definition) is 0. The minimum Gasteiger partial charge on any atom is -0.311 e. The van der Waals surface area contributed by atoms with E-state index in [0.29, 0.717) is 5.92 Å². The van der Waals surface area contributed by atoms with E-state index in [2.05, 4.69) is 200 Å². The third-order valence-corrected chi connectivity index (χ3v) is 8.95. The highest BCUT2D eigenvalue weighted by atomic mass is 15.2. The average molecular weight is 595 g/mol. The fraction of sp³-hybridized carbons (Fsp3) is 0.0909. The minimum absolute atomic E-state index is 0.532. The third kappa shape index (κ3) is 5.90. The third-order valence-electron chi connectivity index (χ3n) is 8.95. The van der Waals surface area contributed by atoms with E-state index in [1.807, 2.05) is 0 Å². The number of para-hydroxylation sites is 1. The zero-order valence-electron chi connectivity index (χ0n) is 26.4. The van der Waals surface area contributed by atoms with Gasteiger partial charge in [-0.25, -0.2) is 0 Å². The molecule has 0 aromatic heterocycles. The van der Waals surface area contributed by atoms with E-state index in [0.717, 1.165) is 34.9 Å². The molecule has 0 saturated heterocycles. The molecule has 224 valence electrons. The van der Waals surface area contributed by atoms with Crippen molar-refractivity contribution in [2.45, 2.75) is 26.2 Å². The van der Waals surface area contributed by atoms with Crippen molar-refractivity contribution in [3.05, 3.63) is 181 Å². The summed E-state index contributed by atoms with van der Waals surface area (Å²) in [6.07, 6.45) is 1.13. The standard InChI is InChI=1S/C44H38N2/c1-3-33(2)34-21-25-41(26-22-34)46(44-20-12-16-37-15-10-11-19-43(37)44)42-31-29-40(30-32-42)45(38-17-8-5-9-18-38)39-27-23-36(24-28-39)35-13-6-4-7-14-35/h4-33H,3H2,1-2H3. The van der Waals surface area contributed by atoms with Gasteiger partial charge < -0.3 is 9.80 Å². The second-order valence-electron chi connectivity index (χ2n) is 11.8. The molecule has 0 N–H and O–H groups in total. The van der Waals surface area contributed by atoms with Crippen LogP contribution in [0.5, 0.6) is 0 Å². The van der Waals surface area contributed by atoms with Crippen molar-refractivity contribution in [3.8, 4) is 11.1 Å². The highest BCUT2D eigenvalue weighted by Crippen LogP contribution is 2.42. The molecule has 0 heterocycles. The smallest absolute Gasteiger partial charge is 0.0540 e. The molecule has 7 aromatic carbocycles. The lowest BCUT2D eigenvalue weighted by Crippen LogP contribution is -2.12. The van der Waals surface area contributed by atoms with Crippen LogP contribution >= 0.6 is 0 Å². The minimum atomic E-state index is 0.532. The first-order valence-electron chi connectivity index (χ1n) is 16.2. The summed E-state index contributed by atoms with van der Waals surface area (Å²) in [5, 5.41) is 2.46. The van der Waals surface area contributed by atoms with Gasteiger partial charge in [-0.1, -0.05) is 123 Å². The summed E-state index contributed by atoms with van der Waals surface area (Å²) in [5.74, 6) is 0.532. The Bertz CT molecular complexity index is 2010. The quantitative estimate of drug-likeness (QED) is 0.164. The van der Waals surface area contributed by atoms with Crippen LogP contribution < -0.4 is 9.80 Å². The van der Waals surface area contributed by atoms with Crippen LogP contribution in [-0.2, 0) is 0 Å². The van der Waals surface area contributed by atoms with Gasteiger partial charge in [-0.2, -0.15) is 0 Å². The van der Waals surface area contributed by atoms with Crippen LogP contribution in [0.15, 0.2) is 176 Å². The molecule has 0 radical (unpaired) electrons. The molecule has 46 heavy (non-hydrogen) atoms. The largest absolute Gasteiger partial charge is 0.311 e. The van der Waals surface area contributed by atoms with E-state index in [1.54, 1.807) is 0 Å². The Labute approximate surface area is 272 Å². The second kappa shape index (κ2) is 13.2. The Balaban J connectivity index is 1.30. The van der Waals surface area contributed by atoms with E-state index < -0.39 is 0 Å². The van der Waals surface area contributed by atoms with Gasteiger partial charge in [-0.15, -0.1) is 0 Å². The van der Waals surface area contributed by atoms with Crippen molar-refractivity contribution in [3.63, 3.8) is 0 Å². The number of fused-ring (bicyclic) bond motifs is 1. The molecule has 1 atom stereocenters. The average Bonchev–Trinajstić information content (AvgIpc) is 3.14. The fourth-order valence-corrected chi connectivity index (χ4v) is 6.23. The van der Waals surface area contributed by atoms with Gasteiger partial charge in [0.1, 0.15) is 0 Å². The molecular formula is C44H38N2. The molecule has 0 fully saturated rings. The molecule has 0 spiro atoms. The van der Waals surface area contributed by atoms with Crippen LogP contribution in [-0.4, -0.2) is 0 Å². The van der Waals surface area contributed by atoms with Crippen molar-refractivity contribution in [2.75, 3.05) is 9.80 Å². The Kier molecular flexibility index (Phi) is 8.34. The fourth-order valence-electron chi connectivity index (χ4n) is 6.23. The van der Waals surface area contributed by atoms with Crippen molar-refractivity contribution in [1.82, 2.24) is 0 Å². The molecule has 0 aliphatic rings. The van der Waals surface area contributed by atoms with Crippen LogP contribution in [0.4, 0.5) is 34.1 Å². The van der Waals surface area contributed by atoms with Gasteiger partial charge >= 0.3 is 0 Å². The first-order valence-corrected chi connectivity index (χ1v) is 16.2. The maximum atomic E-state index is 2.38. The van der Waals surface area contributed by atoms with Crippen LogP contribution in [0.25, 0.3) is 21.9 Å². The van der Waals surface area contributed by atoms with Gasteiger partial charge in [0.15, 0.2) is 0 Å². The molecule has 0 bridgehead atoms. The number of benzene rings is 7. The van der Waals surface area contributed by atoms with Gasteiger partial charge in [0.25, 0.3) is 0 Å². The summed E-state index contributed by atoms with van der Waals surface area (Å²) in [4.78, 5) is 4.70. The Hall–Kier alpha value is -5.60. The molecule has 0 amide bonds. The van der Waals surface area contributed by atoms with Crippen molar-refractivity contribution in [1.29, 1.82) is 0 Å². The maximum absolute atomic E-state index is 2.38. The Morgan fingerprint density at radius 2 is 0.870 bits per heavy atom. The van der Waals surface area contributed by atoms with Gasteiger partial charge in [0.2, 0.25) is 0 Å². The number of rotatable bonds is 9.